The van der Waals surface area contributed by atoms with Crippen molar-refractivity contribution in [1.82, 2.24) is 5.16 Å². The minimum Gasteiger partial charge on any atom is -0.480 e. The number of aromatic nitrogens is 1. The van der Waals surface area contributed by atoms with Crippen molar-refractivity contribution in [2.24, 2.45) is 0 Å². The van der Waals surface area contributed by atoms with Crippen LogP contribution >= 0.6 is 0 Å². The number of carbonyl (C=O) groups excluding carboxylic acids is 1. The van der Waals surface area contributed by atoms with E-state index in [1.165, 1.54) is 0 Å². The molecule has 94 valence electrons. The number of hydrogen-bond acceptors (Lipinski definition) is 5. The molecule has 7 nitrogen and oxygen atoms in total. The van der Waals surface area contributed by atoms with Crippen molar-refractivity contribution in [1.29, 1.82) is 0 Å². The van der Waals surface area contributed by atoms with Crippen LogP contribution in [0.4, 0.5) is 5.88 Å². The zero-order valence-electron chi connectivity index (χ0n) is 9.60. The van der Waals surface area contributed by atoms with Gasteiger partial charge in [0.25, 0.3) is 5.91 Å². The van der Waals surface area contributed by atoms with Crippen molar-refractivity contribution in [3.05, 3.63) is 11.8 Å². The summed E-state index contributed by atoms with van der Waals surface area (Å²) in [5, 5.41) is 14.5. The molecule has 0 aliphatic carbocycles. The quantitative estimate of drug-likeness (QED) is 0.766. The fourth-order valence-electron chi connectivity index (χ4n) is 1.02. The third-order valence-electron chi connectivity index (χ3n) is 1.84. The van der Waals surface area contributed by atoms with Gasteiger partial charge in [-0.15, -0.1) is 0 Å². The van der Waals surface area contributed by atoms with Crippen LogP contribution in [0.5, 0.6) is 0 Å². The average molecular weight is 242 g/mol. The van der Waals surface area contributed by atoms with Gasteiger partial charge < -0.3 is 14.4 Å². The van der Waals surface area contributed by atoms with Crippen LogP contribution in [-0.4, -0.2) is 35.4 Å². The van der Waals surface area contributed by atoms with Crippen LogP contribution in [0.1, 0.15) is 25.5 Å². The minimum absolute atomic E-state index is 0.202. The van der Waals surface area contributed by atoms with Gasteiger partial charge in [0, 0.05) is 6.07 Å². The van der Waals surface area contributed by atoms with E-state index in [0.29, 0.717) is 0 Å². The van der Waals surface area contributed by atoms with Crippen LogP contribution < -0.4 is 5.32 Å². The topological polar surface area (TPSA) is 102 Å². The van der Waals surface area contributed by atoms with Gasteiger partial charge in [-0.05, 0) is 5.92 Å². The Balaban J connectivity index is 2.37. The van der Waals surface area contributed by atoms with E-state index in [4.69, 9.17) is 9.63 Å². The summed E-state index contributed by atoms with van der Waals surface area (Å²) in [5.41, 5.74) is 0.728. The molecular weight excluding hydrogens is 228 g/mol. The number of nitrogens with one attached hydrogen (secondary N) is 1. The average Bonchev–Trinajstić information content (AvgIpc) is 2.65. The van der Waals surface area contributed by atoms with Gasteiger partial charge in [0.15, 0.2) is 0 Å². The molecule has 1 aromatic rings. The van der Waals surface area contributed by atoms with Gasteiger partial charge in [0.05, 0.1) is 5.69 Å². The lowest BCUT2D eigenvalue weighted by Crippen LogP contribution is -2.20. The minimum atomic E-state index is -1.13. The van der Waals surface area contributed by atoms with Gasteiger partial charge in [0.1, 0.15) is 13.2 Å². The predicted octanol–water partition coefficient (Wildman–Crippen LogP) is 0.838. The van der Waals surface area contributed by atoms with Crippen LogP contribution in [0.3, 0.4) is 0 Å². The first kappa shape index (κ1) is 13.2. The van der Waals surface area contributed by atoms with Gasteiger partial charge in [-0.2, -0.15) is 0 Å². The molecule has 2 N–H and O–H groups in total. The maximum absolute atomic E-state index is 11.3. The molecule has 0 spiro atoms. The molecule has 0 radical (unpaired) electrons. The molecule has 1 heterocycles. The molecule has 0 unspecified atom stereocenters. The predicted molar refractivity (Wildman–Crippen MR) is 57.7 cm³/mol. The Bertz CT molecular complexity index is 399. The molecule has 17 heavy (non-hydrogen) atoms. The summed E-state index contributed by atoms with van der Waals surface area (Å²) >= 11 is 0. The second-order valence-corrected chi connectivity index (χ2v) is 3.71. The van der Waals surface area contributed by atoms with E-state index in [1.54, 1.807) is 6.07 Å². The lowest BCUT2D eigenvalue weighted by atomic mass is 10.1. The molecule has 0 bridgehead atoms. The highest BCUT2D eigenvalue weighted by atomic mass is 16.5. The van der Waals surface area contributed by atoms with E-state index >= 15 is 0 Å². The van der Waals surface area contributed by atoms with E-state index in [2.05, 4.69) is 15.2 Å². The van der Waals surface area contributed by atoms with E-state index in [0.717, 1.165) is 5.69 Å². The van der Waals surface area contributed by atoms with E-state index in [1.807, 2.05) is 13.8 Å². The van der Waals surface area contributed by atoms with Crippen LogP contribution in [0.15, 0.2) is 10.6 Å². The number of carbonyl (C=O) groups is 2. The standard InChI is InChI=1S/C10H14N2O5/c1-6(2)7-3-9(17-12-7)11-8(13)4-16-5-10(14)15/h3,6H,4-5H2,1-2H3,(H,11,13)(H,14,15). The molecule has 0 fully saturated rings. The zero-order valence-corrected chi connectivity index (χ0v) is 9.60. The van der Waals surface area contributed by atoms with Gasteiger partial charge >= 0.3 is 5.97 Å². The number of carboxylic acid groups (broad SMARTS) is 1. The summed E-state index contributed by atoms with van der Waals surface area (Å²) < 4.78 is 9.48. The molecule has 1 amide bonds. The third-order valence-corrected chi connectivity index (χ3v) is 1.84. The molecule has 0 aliphatic heterocycles. The number of ether oxygens (including phenoxy) is 1. The van der Waals surface area contributed by atoms with Crippen molar-refractivity contribution in [2.75, 3.05) is 18.5 Å². The first-order chi connectivity index (χ1) is 7.99. The van der Waals surface area contributed by atoms with Crippen LogP contribution in [0, 0.1) is 0 Å². The number of aliphatic carboxylic acids is 1. The maximum atomic E-state index is 11.3. The highest BCUT2D eigenvalue weighted by Crippen LogP contribution is 2.17. The monoisotopic (exact) mass is 242 g/mol. The van der Waals surface area contributed by atoms with Crippen molar-refractivity contribution >= 4 is 17.8 Å². The molecule has 0 atom stereocenters. The fraction of sp³-hybridized carbons (Fsp3) is 0.500. The van der Waals surface area contributed by atoms with Gasteiger partial charge in [-0.1, -0.05) is 19.0 Å². The van der Waals surface area contributed by atoms with Crippen molar-refractivity contribution < 1.29 is 24.0 Å². The van der Waals surface area contributed by atoms with Crippen molar-refractivity contribution in [3.63, 3.8) is 0 Å². The van der Waals surface area contributed by atoms with E-state index < -0.39 is 18.5 Å². The zero-order chi connectivity index (χ0) is 12.8. The van der Waals surface area contributed by atoms with Gasteiger partial charge in [-0.3, -0.25) is 10.1 Å². The first-order valence-electron chi connectivity index (χ1n) is 5.05. The Morgan fingerprint density at radius 3 is 2.76 bits per heavy atom. The normalized spacial score (nSPS) is 10.5. The Kier molecular flexibility index (Phi) is 4.65. The molecule has 7 heteroatoms. The third kappa shape index (κ3) is 4.64. The van der Waals surface area contributed by atoms with E-state index in [9.17, 15) is 9.59 Å². The summed E-state index contributed by atoms with van der Waals surface area (Å²) in [5.74, 6) is -1.19. The largest absolute Gasteiger partial charge is 0.480 e. The molecular formula is C10H14N2O5. The van der Waals surface area contributed by atoms with Crippen LogP contribution in [0.25, 0.3) is 0 Å². The highest BCUT2D eigenvalue weighted by Gasteiger charge is 2.10. The first-order valence-corrected chi connectivity index (χ1v) is 5.05. The molecule has 0 saturated carbocycles. The summed E-state index contributed by atoms with van der Waals surface area (Å²) in [6, 6.07) is 1.61. The number of hydrogen-bond donors (Lipinski definition) is 2. The summed E-state index contributed by atoms with van der Waals surface area (Å²) in [4.78, 5) is 21.4. The maximum Gasteiger partial charge on any atom is 0.329 e. The second-order valence-electron chi connectivity index (χ2n) is 3.71. The number of amides is 1. The van der Waals surface area contributed by atoms with Gasteiger partial charge in [-0.25, -0.2) is 4.79 Å². The van der Waals surface area contributed by atoms with Gasteiger partial charge in [0.2, 0.25) is 5.88 Å². The lowest BCUT2D eigenvalue weighted by molar-refractivity contribution is -0.143. The summed E-state index contributed by atoms with van der Waals surface area (Å²) in [7, 11) is 0. The molecule has 1 rings (SSSR count). The van der Waals surface area contributed by atoms with Crippen molar-refractivity contribution in [3.8, 4) is 0 Å². The number of nitrogens with zero attached hydrogens (tertiary/aromatic N) is 1. The molecule has 0 aliphatic rings. The van der Waals surface area contributed by atoms with Crippen LogP contribution in [0.2, 0.25) is 0 Å². The van der Waals surface area contributed by atoms with E-state index in [-0.39, 0.29) is 18.4 Å². The molecule has 0 aromatic carbocycles. The Morgan fingerprint density at radius 2 is 2.24 bits per heavy atom. The lowest BCUT2D eigenvalue weighted by Gasteiger charge is -2.00. The summed E-state index contributed by atoms with van der Waals surface area (Å²) in [6.07, 6.45) is 0. The Hall–Kier alpha value is -1.89. The fourth-order valence-corrected chi connectivity index (χ4v) is 1.02. The number of anilines is 1. The smallest absolute Gasteiger partial charge is 0.329 e. The molecule has 1 aromatic heterocycles. The number of rotatable bonds is 6. The summed E-state index contributed by atoms with van der Waals surface area (Å²) in [6.45, 7) is 3.03. The van der Waals surface area contributed by atoms with Crippen LogP contribution in [-0.2, 0) is 14.3 Å². The second kappa shape index (κ2) is 6.00. The molecule has 0 saturated heterocycles. The SMILES string of the molecule is CC(C)c1cc(NC(=O)COCC(=O)O)on1. The Labute approximate surface area is 97.7 Å². The highest BCUT2D eigenvalue weighted by molar-refractivity contribution is 5.90. The Morgan fingerprint density at radius 1 is 1.53 bits per heavy atom. The number of carboxylic acids is 1. The van der Waals surface area contributed by atoms with Crippen molar-refractivity contribution in [2.45, 2.75) is 19.8 Å².